The van der Waals surface area contributed by atoms with Crippen LogP contribution in [0.4, 0.5) is 13.2 Å². The number of carbonyl (C=O) groups excluding carboxylic acids is 1. The standard InChI is InChI=1S/C20H19F3N2O5S/c1-19(2,18(26)29-3)30-12-13-11-15-16(9-10-17(24-15)20(21,22)23)25(13)31(27,28)14-7-5-4-6-8-14/h4-11H,12H2,1-3H3. The molecule has 0 saturated heterocycles. The average Bonchev–Trinajstić information content (AvgIpc) is 3.10. The highest BCUT2D eigenvalue weighted by molar-refractivity contribution is 7.90. The number of aromatic nitrogens is 2. The molecule has 2 heterocycles. The Morgan fingerprint density at radius 1 is 1.10 bits per heavy atom. The van der Waals surface area contributed by atoms with Gasteiger partial charge < -0.3 is 9.47 Å². The van der Waals surface area contributed by atoms with Gasteiger partial charge in [-0.05, 0) is 44.2 Å². The van der Waals surface area contributed by atoms with Crippen molar-refractivity contribution in [1.29, 1.82) is 0 Å². The molecule has 0 aliphatic rings. The minimum atomic E-state index is -4.70. The Balaban J connectivity index is 2.18. The molecule has 0 N–H and O–H groups in total. The highest BCUT2D eigenvalue weighted by atomic mass is 32.2. The molecule has 0 aliphatic heterocycles. The molecule has 166 valence electrons. The van der Waals surface area contributed by atoms with Gasteiger partial charge >= 0.3 is 12.1 Å². The Bertz CT molecular complexity index is 1220. The van der Waals surface area contributed by atoms with Gasteiger partial charge in [-0.1, -0.05) is 18.2 Å². The number of rotatable bonds is 6. The van der Waals surface area contributed by atoms with Crippen molar-refractivity contribution in [2.45, 2.75) is 37.1 Å². The van der Waals surface area contributed by atoms with Crippen LogP contribution in [-0.4, -0.2) is 36.1 Å². The van der Waals surface area contributed by atoms with Gasteiger partial charge in [-0.25, -0.2) is 22.2 Å². The fourth-order valence-electron chi connectivity index (χ4n) is 2.92. The van der Waals surface area contributed by atoms with Crippen molar-refractivity contribution in [2.75, 3.05) is 7.11 Å². The predicted octanol–water partition coefficient (Wildman–Crippen LogP) is 3.76. The Kier molecular flexibility index (Phi) is 5.85. The lowest BCUT2D eigenvalue weighted by atomic mass is 10.1. The minimum Gasteiger partial charge on any atom is -0.467 e. The van der Waals surface area contributed by atoms with Gasteiger partial charge in [0, 0.05) is 0 Å². The summed E-state index contributed by atoms with van der Waals surface area (Å²) in [5.74, 6) is -0.696. The number of hydrogen-bond acceptors (Lipinski definition) is 6. The molecule has 0 amide bonds. The quantitative estimate of drug-likeness (QED) is 0.525. The molecule has 0 saturated carbocycles. The molecule has 0 fully saturated rings. The SMILES string of the molecule is COC(=O)C(C)(C)OCc1cc2nc(C(F)(F)F)ccc2n1S(=O)(=O)c1ccccc1. The van der Waals surface area contributed by atoms with E-state index in [0.29, 0.717) is 6.07 Å². The predicted molar refractivity (Wildman–Crippen MR) is 105 cm³/mol. The number of benzene rings is 1. The van der Waals surface area contributed by atoms with Crippen molar-refractivity contribution in [3.05, 3.63) is 59.9 Å². The highest BCUT2D eigenvalue weighted by Gasteiger charge is 2.34. The molecular weight excluding hydrogens is 437 g/mol. The van der Waals surface area contributed by atoms with E-state index in [1.807, 2.05) is 0 Å². The molecular formula is C20H19F3N2O5S. The lowest BCUT2D eigenvalue weighted by Crippen LogP contribution is -2.36. The zero-order valence-corrected chi connectivity index (χ0v) is 17.6. The lowest BCUT2D eigenvalue weighted by Gasteiger charge is -2.22. The minimum absolute atomic E-state index is 0.00246. The van der Waals surface area contributed by atoms with Crippen LogP contribution in [-0.2, 0) is 37.1 Å². The third kappa shape index (κ3) is 4.42. The number of pyridine rings is 1. The third-order valence-electron chi connectivity index (χ3n) is 4.52. The van der Waals surface area contributed by atoms with Crippen LogP contribution >= 0.6 is 0 Å². The molecule has 0 aliphatic carbocycles. The second kappa shape index (κ2) is 7.97. The summed E-state index contributed by atoms with van der Waals surface area (Å²) in [6.07, 6.45) is -4.70. The van der Waals surface area contributed by atoms with Crippen molar-refractivity contribution in [3.8, 4) is 0 Å². The van der Waals surface area contributed by atoms with Crippen LogP contribution in [0.15, 0.2) is 53.4 Å². The first-order chi connectivity index (χ1) is 14.4. The van der Waals surface area contributed by atoms with Crippen molar-refractivity contribution < 1.29 is 35.9 Å². The van der Waals surface area contributed by atoms with E-state index in [-0.39, 0.29) is 21.6 Å². The van der Waals surface area contributed by atoms with E-state index < -0.39 is 40.1 Å². The van der Waals surface area contributed by atoms with E-state index in [1.54, 1.807) is 6.07 Å². The number of ether oxygens (including phenoxy) is 2. The lowest BCUT2D eigenvalue weighted by molar-refractivity contribution is -0.166. The van der Waals surface area contributed by atoms with Crippen molar-refractivity contribution in [1.82, 2.24) is 8.96 Å². The number of halogens is 3. The molecule has 0 atom stereocenters. The maximum atomic E-state index is 13.3. The van der Waals surface area contributed by atoms with E-state index in [0.717, 1.165) is 10.0 Å². The molecule has 7 nitrogen and oxygen atoms in total. The Hall–Kier alpha value is -2.92. The molecule has 0 radical (unpaired) electrons. The van der Waals surface area contributed by atoms with Crippen LogP contribution in [0.1, 0.15) is 25.2 Å². The molecule has 0 spiro atoms. The second-order valence-electron chi connectivity index (χ2n) is 7.11. The van der Waals surface area contributed by atoms with Gasteiger partial charge in [0.15, 0.2) is 5.60 Å². The molecule has 31 heavy (non-hydrogen) atoms. The number of carbonyl (C=O) groups is 1. The molecule has 11 heteroatoms. The molecule has 0 unspecified atom stereocenters. The molecule has 3 rings (SSSR count). The Labute approximate surface area is 176 Å². The Morgan fingerprint density at radius 2 is 1.74 bits per heavy atom. The maximum Gasteiger partial charge on any atom is 0.433 e. The van der Waals surface area contributed by atoms with Gasteiger partial charge in [-0.2, -0.15) is 13.2 Å². The van der Waals surface area contributed by atoms with E-state index in [2.05, 4.69) is 9.72 Å². The second-order valence-corrected chi connectivity index (χ2v) is 8.89. The summed E-state index contributed by atoms with van der Waals surface area (Å²) in [5, 5.41) is 0. The summed E-state index contributed by atoms with van der Waals surface area (Å²) in [6.45, 7) is 2.46. The van der Waals surface area contributed by atoms with Crippen LogP contribution in [0.25, 0.3) is 11.0 Å². The third-order valence-corrected chi connectivity index (χ3v) is 6.29. The Morgan fingerprint density at radius 3 is 2.32 bits per heavy atom. The fraction of sp³-hybridized carbons (Fsp3) is 0.300. The summed E-state index contributed by atoms with van der Waals surface area (Å²) in [4.78, 5) is 15.4. The van der Waals surface area contributed by atoms with Crippen molar-refractivity contribution in [3.63, 3.8) is 0 Å². The average molecular weight is 456 g/mol. The van der Waals surface area contributed by atoms with Gasteiger partial charge in [-0.15, -0.1) is 0 Å². The van der Waals surface area contributed by atoms with Gasteiger partial charge in [0.1, 0.15) is 5.69 Å². The maximum absolute atomic E-state index is 13.3. The van der Waals surface area contributed by atoms with Crippen LogP contribution in [0, 0.1) is 0 Å². The number of nitrogens with zero attached hydrogens (tertiary/aromatic N) is 2. The molecule has 1 aromatic carbocycles. The van der Waals surface area contributed by atoms with Crippen LogP contribution in [0.5, 0.6) is 0 Å². The van der Waals surface area contributed by atoms with Gasteiger partial charge in [0.2, 0.25) is 0 Å². The van der Waals surface area contributed by atoms with Crippen LogP contribution < -0.4 is 0 Å². The number of fused-ring (bicyclic) bond motifs is 1. The molecule has 3 aromatic rings. The molecule has 0 bridgehead atoms. The van der Waals surface area contributed by atoms with E-state index in [1.165, 1.54) is 51.3 Å². The fourth-order valence-corrected chi connectivity index (χ4v) is 4.46. The smallest absolute Gasteiger partial charge is 0.433 e. The first kappa shape index (κ1) is 22.8. The summed E-state index contributed by atoms with van der Waals surface area (Å²) in [7, 11) is -3.02. The zero-order valence-electron chi connectivity index (χ0n) is 16.8. The van der Waals surface area contributed by atoms with E-state index in [4.69, 9.17) is 4.74 Å². The summed E-state index contributed by atoms with van der Waals surface area (Å²) < 4.78 is 76.9. The largest absolute Gasteiger partial charge is 0.467 e. The monoisotopic (exact) mass is 456 g/mol. The summed E-state index contributed by atoms with van der Waals surface area (Å²) in [5.41, 5.74) is -2.80. The first-order valence-corrected chi connectivity index (χ1v) is 10.4. The van der Waals surface area contributed by atoms with Crippen molar-refractivity contribution >= 4 is 27.0 Å². The number of esters is 1. The number of hydrogen-bond donors (Lipinski definition) is 0. The zero-order chi connectivity index (χ0) is 23.0. The highest BCUT2D eigenvalue weighted by Crippen LogP contribution is 2.32. The number of alkyl halides is 3. The summed E-state index contributed by atoms with van der Waals surface area (Å²) in [6, 6.07) is 10.3. The normalized spacial score (nSPS) is 12.8. The topological polar surface area (TPSA) is 87.5 Å². The van der Waals surface area contributed by atoms with Crippen LogP contribution in [0.3, 0.4) is 0 Å². The van der Waals surface area contributed by atoms with Crippen LogP contribution in [0.2, 0.25) is 0 Å². The van der Waals surface area contributed by atoms with E-state index >= 15 is 0 Å². The first-order valence-electron chi connectivity index (χ1n) is 8.99. The molecule has 2 aromatic heterocycles. The number of methoxy groups -OCH3 is 1. The van der Waals surface area contributed by atoms with Crippen molar-refractivity contribution in [2.24, 2.45) is 0 Å². The van der Waals surface area contributed by atoms with Gasteiger partial charge in [-0.3, -0.25) is 0 Å². The van der Waals surface area contributed by atoms with Gasteiger partial charge in [0.25, 0.3) is 10.0 Å². The van der Waals surface area contributed by atoms with E-state index in [9.17, 15) is 26.4 Å². The van der Waals surface area contributed by atoms with Gasteiger partial charge in [0.05, 0.1) is 35.3 Å². The summed E-state index contributed by atoms with van der Waals surface area (Å²) >= 11 is 0.